The maximum atomic E-state index is 13.3. The summed E-state index contributed by atoms with van der Waals surface area (Å²) in [6.45, 7) is 0.365. The summed E-state index contributed by atoms with van der Waals surface area (Å²) in [4.78, 5) is 12.1. The Labute approximate surface area is 152 Å². The highest BCUT2D eigenvalue weighted by Crippen LogP contribution is 2.32. The molecule has 0 aromatic heterocycles. The Balaban J connectivity index is 1.77. The summed E-state index contributed by atoms with van der Waals surface area (Å²) >= 11 is 0. The molecule has 10 heteroatoms. The number of anilines is 2. The van der Waals surface area contributed by atoms with Gasteiger partial charge < -0.3 is 5.32 Å². The van der Waals surface area contributed by atoms with Crippen LogP contribution in [0.1, 0.15) is 22.3 Å². The van der Waals surface area contributed by atoms with Crippen LogP contribution in [0.15, 0.2) is 42.5 Å². The predicted molar refractivity (Wildman–Crippen MR) is 91.5 cm³/mol. The Hall–Kier alpha value is -2.62. The monoisotopic (exact) mass is 402 g/mol. The lowest BCUT2D eigenvalue weighted by molar-refractivity contribution is -0.140. The summed E-state index contributed by atoms with van der Waals surface area (Å²) in [5, 5.41) is 2.40. The predicted octanol–water partition coefficient (Wildman–Crippen LogP) is 3.64. The van der Waals surface area contributed by atoms with E-state index in [4.69, 9.17) is 0 Å². The van der Waals surface area contributed by atoms with Gasteiger partial charge in [0.05, 0.1) is 17.0 Å². The third kappa shape index (κ3) is 4.05. The first-order valence-corrected chi connectivity index (χ1v) is 9.47. The Morgan fingerprint density at radius 3 is 2.30 bits per heavy atom. The molecule has 0 saturated carbocycles. The number of sulfonamides is 1. The van der Waals surface area contributed by atoms with Crippen molar-refractivity contribution < 1.29 is 30.8 Å². The van der Waals surface area contributed by atoms with Crippen LogP contribution in [0.2, 0.25) is 0 Å². The Bertz CT molecular complexity index is 973. The minimum absolute atomic E-state index is 0.0671. The summed E-state index contributed by atoms with van der Waals surface area (Å²) in [7, 11) is -3.34. The number of nitrogens with zero attached hydrogens (tertiary/aromatic N) is 1. The average Bonchev–Trinajstić information content (AvgIpc) is 2.94. The van der Waals surface area contributed by atoms with Gasteiger partial charge in [0.1, 0.15) is 5.82 Å². The third-order valence-electron chi connectivity index (χ3n) is 4.05. The number of rotatable bonds is 3. The van der Waals surface area contributed by atoms with E-state index in [2.05, 4.69) is 5.32 Å². The van der Waals surface area contributed by atoms with E-state index in [9.17, 15) is 30.8 Å². The summed E-state index contributed by atoms with van der Waals surface area (Å²) in [5.41, 5.74) is -1.18. The van der Waals surface area contributed by atoms with E-state index < -0.39 is 33.5 Å². The van der Waals surface area contributed by atoms with Crippen molar-refractivity contribution in [2.24, 2.45) is 0 Å². The number of benzene rings is 2. The zero-order valence-corrected chi connectivity index (χ0v) is 14.6. The fourth-order valence-corrected chi connectivity index (χ4v) is 4.29. The summed E-state index contributed by atoms with van der Waals surface area (Å²) < 4.78 is 76.6. The van der Waals surface area contributed by atoms with Crippen molar-refractivity contribution in [1.29, 1.82) is 0 Å². The molecule has 1 amide bonds. The molecule has 0 spiro atoms. The smallest absolute Gasteiger partial charge is 0.322 e. The molecule has 0 radical (unpaired) electrons. The second-order valence-corrected chi connectivity index (χ2v) is 7.95. The first-order valence-electron chi connectivity index (χ1n) is 7.86. The van der Waals surface area contributed by atoms with Crippen LogP contribution in [0.25, 0.3) is 0 Å². The molecule has 0 aliphatic carbocycles. The van der Waals surface area contributed by atoms with Crippen molar-refractivity contribution >= 4 is 27.3 Å². The minimum atomic E-state index is -4.91. The number of hydrogen-bond acceptors (Lipinski definition) is 3. The van der Waals surface area contributed by atoms with Crippen LogP contribution in [0.3, 0.4) is 0 Å². The highest BCUT2D eigenvalue weighted by atomic mass is 32.2. The van der Waals surface area contributed by atoms with E-state index in [1.807, 2.05) is 0 Å². The van der Waals surface area contributed by atoms with Crippen LogP contribution in [0.4, 0.5) is 28.9 Å². The van der Waals surface area contributed by atoms with Gasteiger partial charge in [0.15, 0.2) is 0 Å². The first-order chi connectivity index (χ1) is 12.6. The van der Waals surface area contributed by atoms with Crippen molar-refractivity contribution in [2.75, 3.05) is 21.9 Å². The largest absolute Gasteiger partial charge is 0.419 e. The molecule has 0 bridgehead atoms. The maximum Gasteiger partial charge on any atom is 0.419 e. The molecule has 2 aromatic carbocycles. The van der Waals surface area contributed by atoms with Gasteiger partial charge in [-0.05, 0) is 48.9 Å². The van der Waals surface area contributed by atoms with Crippen molar-refractivity contribution in [2.45, 2.75) is 12.6 Å². The van der Waals surface area contributed by atoms with Gasteiger partial charge in [-0.1, -0.05) is 0 Å². The van der Waals surface area contributed by atoms with Gasteiger partial charge >= 0.3 is 6.18 Å². The highest BCUT2D eigenvalue weighted by Gasteiger charge is 2.34. The zero-order chi connectivity index (χ0) is 19.8. The lowest BCUT2D eigenvalue weighted by Gasteiger charge is -2.17. The molecular weight excluding hydrogens is 388 g/mol. The average molecular weight is 402 g/mol. The molecule has 3 rings (SSSR count). The standard InChI is InChI=1S/C17H14F4N2O3S/c18-15-7-2-11(10-14(15)17(19,20)21)16(24)22-12-3-5-13(6-4-12)23-8-1-9-27(23,25)26/h2-7,10H,1,8-9H2,(H,22,24). The van der Waals surface area contributed by atoms with Crippen LogP contribution in [0, 0.1) is 5.82 Å². The molecule has 5 nitrogen and oxygen atoms in total. The van der Waals surface area contributed by atoms with Crippen LogP contribution < -0.4 is 9.62 Å². The maximum absolute atomic E-state index is 13.3. The second kappa shape index (κ2) is 6.84. The molecule has 0 unspecified atom stereocenters. The van der Waals surface area contributed by atoms with Crippen LogP contribution in [-0.2, 0) is 16.2 Å². The van der Waals surface area contributed by atoms with Gasteiger partial charge in [-0.15, -0.1) is 0 Å². The van der Waals surface area contributed by atoms with E-state index in [1.54, 1.807) is 0 Å². The summed E-state index contributed by atoms with van der Waals surface area (Å²) in [5.74, 6) is -2.24. The first kappa shape index (κ1) is 19.2. The minimum Gasteiger partial charge on any atom is -0.322 e. The van der Waals surface area contributed by atoms with Crippen molar-refractivity contribution in [3.05, 3.63) is 59.4 Å². The number of carbonyl (C=O) groups is 1. The van der Waals surface area contributed by atoms with E-state index in [0.29, 0.717) is 30.8 Å². The van der Waals surface area contributed by atoms with E-state index >= 15 is 0 Å². The molecule has 1 saturated heterocycles. The number of nitrogens with one attached hydrogen (secondary N) is 1. The summed E-state index contributed by atoms with van der Waals surface area (Å²) in [6, 6.07) is 7.83. The van der Waals surface area contributed by atoms with Crippen LogP contribution in [0.5, 0.6) is 0 Å². The van der Waals surface area contributed by atoms with Crippen molar-refractivity contribution in [3.8, 4) is 0 Å². The van der Waals surface area contributed by atoms with E-state index in [0.717, 1.165) is 6.07 Å². The van der Waals surface area contributed by atoms with Crippen LogP contribution >= 0.6 is 0 Å². The quantitative estimate of drug-likeness (QED) is 0.798. The van der Waals surface area contributed by atoms with Crippen molar-refractivity contribution in [3.63, 3.8) is 0 Å². The molecule has 0 atom stereocenters. The number of hydrogen-bond donors (Lipinski definition) is 1. The number of carbonyl (C=O) groups excluding carboxylic acids is 1. The Morgan fingerprint density at radius 1 is 1.07 bits per heavy atom. The third-order valence-corrected chi connectivity index (χ3v) is 5.92. The van der Waals surface area contributed by atoms with Gasteiger partial charge in [-0.2, -0.15) is 13.2 Å². The van der Waals surface area contributed by atoms with E-state index in [1.165, 1.54) is 28.6 Å². The van der Waals surface area contributed by atoms with Gasteiger partial charge in [-0.3, -0.25) is 9.10 Å². The molecule has 1 fully saturated rings. The fourth-order valence-electron chi connectivity index (χ4n) is 2.73. The molecule has 1 heterocycles. The fraction of sp³-hybridized carbons (Fsp3) is 0.235. The zero-order valence-electron chi connectivity index (χ0n) is 13.8. The number of halogens is 4. The van der Waals surface area contributed by atoms with Gasteiger partial charge in [-0.25, -0.2) is 12.8 Å². The second-order valence-electron chi connectivity index (χ2n) is 5.94. The molecule has 1 N–H and O–H groups in total. The van der Waals surface area contributed by atoms with E-state index in [-0.39, 0.29) is 17.0 Å². The molecular formula is C17H14F4N2O3S. The van der Waals surface area contributed by atoms with Gasteiger partial charge in [0, 0.05) is 17.8 Å². The normalized spacial score (nSPS) is 16.4. The molecule has 27 heavy (non-hydrogen) atoms. The molecule has 1 aliphatic heterocycles. The van der Waals surface area contributed by atoms with Crippen molar-refractivity contribution in [1.82, 2.24) is 0 Å². The Kier molecular flexibility index (Phi) is 4.85. The highest BCUT2D eigenvalue weighted by molar-refractivity contribution is 7.93. The number of amides is 1. The number of alkyl halides is 3. The lowest BCUT2D eigenvalue weighted by Crippen LogP contribution is -2.25. The SMILES string of the molecule is O=C(Nc1ccc(N2CCCS2(=O)=O)cc1)c1ccc(F)c(C(F)(F)F)c1. The van der Waals surface area contributed by atoms with Crippen LogP contribution in [-0.4, -0.2) is 26.6 Å². The molecule has 1 aliphatic rings. The molecule has 144 valence electrons. The Morgan fingerprint density at radius 2 is 1.74 bits per heavy atom. The molecule has 2 aromatic rings. The van der Waals surface area contributed by atoms with Gasteiger partial charge in [0.2, 0.25) is 10.0 Å². The lowest BCUT2D eigenvalue weighted by atomic mass is 10.1. The topological polar surface area (TPSA) is 66.5 Å². The van der Waals surface area contributed by atoms with Gasteiger partial charge in [0.25, 0.3) is 5.91 Å². The summed E-state index contributed by atoms with van der Waals surface area (Å²) in [6.07, 6.45) is -4.39.